The SMILES string of the molecule is CCOc1cc(=O)n2c(c1C(=O)NCCCN1CCCCC1)CCCCC2. The first-order chi connectivity index (χ1) is 13.2. The highest BCUT2D eigenvalue weighted by molar-refractivity contribution is 5.98. The molecule has 27 heavy (non-hydrogen) atoms. The van der Waals surface area contributed by atoms with Gasteiger partial charge in [0.15, 0.2) is 0 Å². The van der Waals surface area contributed by atoms with Gasteiger partial charge in [-0.15, -0.1) is 0 Å². The van der Waals surface area contributed by atoms with Crippen molar-refractivity contribution in [3.63, 3.8) is 0 Å². The van der Waals surface area contributed by atoms with Crippen LogP contribution in [0.4, 0.5) is 0 Å². The molecule has 1 saturated heterocycles. The predicted octanol–water partition coefficient (Wildman–Crippen LogP) is 2.58. The summed E-state index contributed by atoms with van der Waals surface area (Å²) in [5.41, 5.74) is 1.35. The fraction of sp³-hybridized carbons (Fsp3) is 0.714. The number of nitrogens with zero attached hydrogens (tertiary/aromatic N) is 2. The third-order valence-corrected chi connectivity index (χ3v) is 5.59. The Labute approximate surface area is 161 Å². The lowest BCUT2D eigenvalue weighted by Gasteiger charge is -2.26. The number of hydrogen-bond acceptors (Lipinski definition) is 4. The summed E-state index contributed by atoms with van der Waals surface area (Å²) in [6.07, 6.45) is 8.69. The van der Waals surface area contributed by atoms with E-state index in [0.717, 1.165) is 44.3 Å². The van der Waals surface area contributed by atoms with E-state index in [4.69, 9.17) is 4.74 Å². The summed E-state index contributed by atoms with van der Waals surface area (Å²) in [6, 6.07) is 1.49. The first-order valence-electron chi connectivity index (χ1n) is 10.6. The molecule has 0 saturated carbocycles. The van der Waals surface area contributed by atoms with Crippen molar-refractivity contribution in [2.75, 3.05) is 32.8 Å². The molecule has 3 rings (SSSR count). The number of likely N-dealkylation sites (tertiary alicyclic amines) is 1. The van der Waals surface area contributed by atoms with Gasteiger partial charge in [-0.25, -0.2) is 0 Å². The number of pyridine rings is 1. The van der Waals surface area contributed by atoms with Gasteiger partial charge in [-0.2, -0.15) is 0 Å². The largest absolute Gasteiger partial charge is 0.493 e. The van der Waals surface area contributed by atoms with Crippen LogP contribution < -0.4 is 15.6 Å². The first kappa shape index (κ1) is 19.9. The normalized spacial score (nSPS) is 17.8. The van der Waals surface area contributed by atoms with Crippen LogP contribution in [-0.4, -0.2) is 48.2 Å². The zero-order valence-electron chi connectivity index (χ0n) is 16.6. The summed E-state index contributed by atoms with van der Waals surface area (Å²) in [4.78, 5) is 27.9. The van der Waals surface area contributed by atoms with Gasteiger partial charge in [0.25, 0.3) is 11.5 Å². The fourth-order valence-corrected chi connectivity index (χ4v) is 4.20. The van der Waals surface area contributed by atoms with Crippen molar-refractivity contribution in [3.05, 3.63) is 27.7 Å². The molecule has 0 atom stereocenters. The number of rotatable bonds is 7. The van der Waals surface area contributed by atoms with Crippen LogP contribution in [0.1, 0.15) is 67.9 Å². The Kier molecular flexibility index (Phi) is 7.33. The number of amides is 1. The highest BCUT2D eigenvalue weighted by Gasteiger charge is 2.23. The molecule has 2 aliphatic heterocycles. The Bertz CT molecular complexity index is 693. The summed E-state index contributed by atoms with van der Waals surface area (Å²) < 4.78 is 7.44. The first-order valence-corrected chi connectivity index (χ1v) is 10.6. The van der Waals surface area contributed by atoms with Gasteiger partial charge in [-0.05, 0) is 65.1 Å². The quantitative estimate of drug-likeness (QED) is 0.744. The Balaban J connectivity index is 1.69. The van der Waals surface area contributed by atoms with Crippen molar-refractivity contribution in [3.8, 4) is 5.75 Å². The Hall–Kier alpha value is -1.82. The maximum Gasteiger partial charge on any atom is 0.256 e. The van der Waals surface area contributed by atoms with Crippen molar-refractivity contribution in [1.82, 2.24) is 14.8 Å². The second kappa shape index (κ2) is 9.93. The number of hydrogen-bond donors (Lipinski definition) is 1. The van der Waals surface area contributed by atoms with Crippen LogP contribution >= 0.6 is 0 Å². The number of aromatic nitrogens is 1. The average Bonchev–Trinajstić information content (AvgIpc) is 2.93. The zero-order chi connectivity index (χ0) is 19.1. The molecule has 0 aromatic carbocycles. The molecule has 0 radical (unpaired) electrons. The third-order valence-electron chi connectivity index (χ3n) is 5.59. The number of carbonyl (C=O) groups is 1. The molecule has 6 heteroatoms. The van der Waals surface area contributed by atoms with Gasteiger partial charge in [0.1, 0.15) is 11.3 Å². The van der Waals surface area contributed by atoms with Crippen molar-refractivity contribution in [2.24, 2.45) is 0 Å². The molecule has 1 aromatic rings. The summed E-state index contributed by atoms with van der Waals surface area (Å²) in [6.45, 7) is 7.05. The lowest BCUT2D eigenvalue weighted by Crippen LogP contribution is -2.34. The van der Waals surface area contributed by atoms with Crippen molar-refractivity contribution >= 4 is 5.91 Å². The lowest BCUT2D eigenvalue weighted by molar-refractivity contribution is 0.0945. The van der Waals surface area contributed by atoms with Gasteiger partial charge in [-0.3, -0.25) is 9.59 Å². The smallest absolute Gasteiger partial charge is 0.256 e. The molecular formula is C21H33N3O3. The molecule has 6 nitrogen and oxygen atoms in total. The molecule has 1 fully saturated rings. The number of piperidine rings is 1. The van der Waals surface area contributed by atoms with E-state index in [1.54, 1.807) is 4.57 Å². The van der Waals surface area contributed by atoms with Gasteiger partial charge < -0.3 is 19.5 Å². The van der Waals surface area contributed by atoms with E-state index < -0.39 is 0 Å². The maximum atomic E-state index is 13.0. The third kappa shape index (κ3) is 5.12. The van der Waals surface area contributed by atoms with Crippen molar-refractivity contribution < 1.29 is 9.53 Å². The van der Waals surface area contributed by atoms with Crippen LogP contribution in [0, 0.1) is 0 Å². The minimum absolute atomic E-state index is 0.0583. The number of nitrogens with one attached hydrogen (secondary N) is 1. The summed E-state index contributed by atoms with van der Waals surface area (Å²) in [7, 11) is 0. The van der Waals surface area contributed by atoms with Gasteiger partial charge >= 0.3 is 0 Å². The zero-order valence-corrected chi connectivity index (χ0v) is 16.6. The standard InChI is InChI=1S/C21H33N3O3/c1-2-27-18-16-19(25)24-15-8-3-5-10-17(24)20(18)21(26)22-11-9-14-23-12-6-4-7-13-23/h16H,2-15H2,1H3,(H,22,26). The van der Waals surface area contributed by atoms with Crippen LogP contribution in [-0.2, 0) is 13.0 Å². The van der Waals surface area contributed by atoms with Gasteiger partial charge in [-0.1, -0.05) is 12.8 Å². The van der Waals surface area contributed by atoms with Crippen LogP contribution in [0.25, 0.3) is 0 Å². The molecular weight excluding hydrogens is 342 g/mol. The highest BCUT2D eigenvalue weighted by atomic mass is 16.5. The van der Waals surface area contributed by atoms with E-state index in [9.17, 15) is 9.59 Å². The fourth-order valence-electron chi connectivity index (χ4n) is 4.20. The Morgan fingerprint density at radius 1 is 1.11 bits per heavy atom. The topological polar surface area (TPSA) is 63.6 Å². The molecule has 3 heterocycles. The minimum Gasteiger partial charge on any atom is -0.493 e. The molecule has 0 spiro atoms. The van der Waals surface area contributed by atoms with E-state index in [0.29, 0.717) is 31.0 Å². The van der Waals surface area contributed by atoms with Gasteiger partial charge in [0, 0.05) is 24.8 Å². The molecule has 2 aliphatic rings. The van der Waals surface area contributed by atoms with Gasteiger partial charge in [0.2, 0.25) is 0 Å². The second-order valence-corrected chi connectivity index (χ2v) is 7.58. The van der Waals surface area contributed by atoms with Crippen LogP contribution in [0.15, 0.2) is 10.9 Å². The molecule has 0 unspecified atom stereocenters. The Morgan fingerprint density at radius 3 is 2.63 bits per heavy atom. The van der Waals surface area contributed by atoms with E-state index in [-0.39, 0.29) is 11.5 Å². The molecule has 1 amide bonds. The summed E-state index contributed by atoms with van der Waals surface area (Å²) in [5, 5.41) is 3.07. The van der Waals surface area contributed by atoms with Gasteiger partial charge in [0.05, 0.1) is 6.61 Å². The van der Waals surface area contributed by atoms with Crippen LogP contribution in [0.3, 0.4) is 0 Å². The van der Waals surface area contributed by atoms with Crippen molar-refractivity contribution in [1.29, 1.82) is 0 Å². The van der Waals surface area contributed by atoms with E-state index in [1.807, 2.05) is 6.92 Å². The maximum absolute atomic E-state index is 13.0. The van der Waals surface area contributed by atoms with Crippen molar-refractivity contribution in [2.45, 2.75) is 64.8 Å². The average molecular weight is 376 g/mol. The predicted molar refractivity (Wildman–Crippen MR) is 107 cm³/mol. The van der Waals surface area contributed by atoms with Crippen LogP contribution in [0.2, 0.25) is 0 Å². The number of fused-ring (bicyclic) bond motifs is 1. The molecule has 150 valence electrons. The number of carbonyl (C=O) groups excluding carboxylic acids is 1. The summed E-state index contributed by atoms with van der Waals surface area (Å²) in [5.74, 6) is 0.326. The highest BCUT2D eigenvalue weighted by Crippen LogP contribution is 2.25. The lowest BCUT2D eigenvalue weighted by atomic mass is 10.1. The summed E-state index contributed by atoms with van der Waals surface area (Å²) >= 11 is 0. The number of ether oxygens (including phenoxy) is 1. The minimum atomic E-state index is -0.109. The van der Waals surface area contributed by atoms with E-state index in [2.05, 4.69) is 10.2 Å². The molecule has 1 N–H and O–H groups in total. The molecule has 0 aliphatic carbocycles. The Morgan fingerprint density at radius 2 is 1.85 bits per heavy atom. The van der Waals surface area contributed by atoms with E-state index >= 15 is 0 Å². The van der Waals surface area contributed by atoms with Crippen LogP contribution in [0.5, 0.6) is 5.75 Å². The monoisotopic (exact) mass is 375 g/mol. The molecule has 0 bridgehead atoms. The van der Waals surface area contributed by atoms with E-state index in [1.165, 1.54) is 38.4 Å². The second-order valence-electron chi connectivity index (χ2n) is 7.58. The molecule has 1 aromatic heterocycles.